The summed E-state index contributed by atoms with van der Waals surface area (Å²) >= 11 is 6.66. The highest BCUT2D eigenvalue weighted by molar-refractivity contribution is 9.10. The van der Waals surface area contributed by atoms with E-state index in [1.165, 1.54) is 0 Å². The van der Waals surface area contributed by atoms with Crippen LogP contribution >= 0.6 is 31.9 Å². The van der Waals surface area contributed by atoms with Crippen LogP contribution in [0.5, 0.6) is 0 Å². The van der Waals surface area contributed by atoms with Gasteiger partial charge in [-0.05, 0) is 29.3 Å². The molecule has 0 atom stereocenters. The Kier molecular flexibility index (Phi) is 5.37. The minimum atomic E-state index is -3.49. The summed E-state index contributed by atoms with van der Waals surface area (Å²) in [6.45, 7) is 0.273. The summed E-state index contributed by atoms with van der Waals surface area (Å²) in [6.07, 6.45) is 0. The molecule has 0 fully saturated rings. The van der Waals surface area contributed by atoms with Gasteiger partial charge in [-0.2, -0.15) is 0 Å². The number of sulfonamides is 1. The fourth-order valence-electron chi connectivity index (χ4n) is 1.72. The van der Waals surface area contributed by atoms with E-state index in [9.17, 15) is 8.42 Å². The van der Waals surface area contributed by atoms with Crippen LogP contribution in [0.25, 0.3) is 0 Å². The number of halogens is 2. The molecule has 0 aliphatic rings. The van der Waals surface area contributed by atoms with Gasteiger partial charge in [-0.1, -0.05) is 62.2 Å². The van der Waals surface area contributed by atoms with Crippen molar-refractivity contribution in [2.45, 2.75) is 16.8 Å². The maximum Gasteiger partial charge on any atom is 0.240 e. The second-order valence-corrected chi connectivity index (χ2v) is 7.48. The molecule has 0 radical (unpaired) electrons. The van der Waals surface area contributed by atoms with Crippen LogP contribution in [-0.2, 0) is 21.9 Å². The lowest BCUT2D eigenvalue weighted by atomic mass is 10.1. The van der Waals surface area contributed by atoms with Crippen LogP contribution in [0.4, 0.5) is 0 Å². The molecule has 0 heterocycles. The van der Waals surface area contributed by atoms with Gasteiger partial charge in [0.1, 0.15) is 0 Å². The molecule has 0 aliphatic carbocycles. The standard InChI is InChI=1S/C14H13Br2NO2S/c15-9-11-3-1-4-12(7-11)10-17-20(18,19)14-6-2-5-13(16)8-14/h1-8,17H,9-10H2. The fourth-order valence-corrected chi connectivity index (χ4v) is 3.68. The highest BCUT2D eigenvalue weighted by Crippen LogP contribution is 2.16. The number of nitrogens with one attached hydrogen (secondary N) is 1. The molecule has 3 nitrogen and oxygen atoms in total. The Morgan fingerprint density at radius 3 is 2.40 bits per heavy atom. The molecule has 1 N–H and O–H groups in total. The minimum Gasteiger partial charge on any atom is -0.207 e. The summed E-state index contributed by atoms with van der Waals surface area (Å²) in [6, 6.07) is 14.4. The van der Waals surface area contributed by atoms with Crippen LogP contribution in [0.15, 0.2) is 57.9 Å². The van der Waals surface area contributed by atoms with Gasteiger partial charge in [-0.15, -0.1) is 0 Å². The molecule has 20 heavy (non-hydrogen) atoms. The van der Waals surface area contributed by atoms with Gasteiger partial charge in [-0.3, -0.25) is 0 Å². The van der Waals surface area contributed by atoms with Crippen molar-refractivity contribution in [2.75, 3.05) is 0 Å². The van der Waals surface area contributed by atoms with Crippen LogP contribution in [0.3, 0.4) is 0 Å². The Labute approximate surface area is 135 Å². The molecule has 0 amide bonds. The second kappa shape index (κ2) is 6.85. The largest absolute Gasteiger partial charge is 0.240 e. The second-order valence-electron chi connectivity index (χ2n) is 4.24. The summed E-state index contributed by atoms with van der Waals surface area (Å²) < 4.78 is 27.7. The van der Waals surface area contributed by atoms with E-state index in [1.54, 1.807) is 24.3 Å². The van der Waals surface area contributed by atoms with Crippen molar-refractivity contribution >= 4 is 41.9 Å². The first-order valence-electron chi connectivity index (χ1n) is 5.90. The first kappa shape index (κ1) is 15.7. The van der Waals surface area contributed by atoms with E-state index in [0.717, 1.165) is 20.9 Å². The van der Waals surface area contributed by atoms with Crippen molar-refractivity contribution < 1.29 is 8.42 Å². The minimum absolute atomic E-state index is 0.253. The van der Waals surface area contributed by atoms with E-state index in [-0.39, 0.29) is 11.4 Å². The molecule has 0 saturated heterocycles. The predicted molar refractivity (Wildman–Crippen MR) is 87.2 cm³/mol. The Balaban J connectivity index is 2.13. The maximum absolute atomic E-state index is 12.2. The molecule has 2 aromatic rings. The Bertz CT molecular complexity index is 702. The lowest BCUT2D eigenvalue weighted by Gasteiger charge is -2.08. The van der Waals surface area contributed by atoms with Crippen molar-refractivity contribution in [2.24, 2.45) is 0 Å². The third kappa shape index (κ3) is 4.15. The van der Waals surface area contributed by atoms with Gasteiger partial charge in [0, 0.05) is 16.3 Å². The Morgan fingerprint density at radius 2 is 1.70 bits per heavy atom. The Morgan fingerprint density at radius 1 is 1.00 bits per heavy atom. The van der Waals surface area contributed by atoms with Gasteiger partial charge in [0.05, 0.1) is 4.90 Å². The summed E-state index contributed by atoms with van der Waals surface area (Å²) in [4.78, 5) is 0.253. The van der Waals surface area contributed by atoms with Crippen LogP contribution in [0.1, 0.15) is 11.1 Å². The zero-order valence-electron chi connectivity index (χ0n) is 10.5. The highest BCUT2D eigenvalue weighted by Gasteiger charge is 2.13. The SMILES string of the molecule is O=S(=O)(NCc1cccc(CBr)c1)c1cccc(Br)c1. The monoisotopic (exact) mass is 417 g/mol. The molecular formula is C14H13Br2NO2S. The van der Waals surface area contributed by atoms with E-state index in [4.69, 9.17) is 0 Å². The fraction of sp³-hybridized carbons (Fsp3) is 0.143. The van der Waals surface area contributed by atoms with Crippen LogP contribution < -0.4 is 4.72 Å². The van der Waals surface area contributed by atoms with Crippen molar-refractivity contribution in [3.8, 4) is 0 Å². The van der Waals surface area contributed by atoms with E-state index in [2.05, 4.69) is 36.6 Å². The summed E-state index contributed by atoms with van der Waals surface area (Å²) in [5, 5.41) is 0.749. The maximum atomic E-state index is 12.2. The summed E-state index contributed by atoms with van der Waals surface area (Å²) in [5.41, 5.74) is 2.05. The average Bonchev–Trinajstić information content (AvgIpc) is 2.45. The molecule has 0 unspecified atom stereocenters. The molecule has 6 heteroatoms. The third-order valence-electron chi connectivity index (χ3n) is 2.72. The highest BCUT2D eigenvalue weighted by atomic mass is 79.9. The Hall–Kier alpha value is -0.690. The topological polar surface area (TPSA) is 46.2 Å². The van der Waals surface area contributed by atoms with E-state index in [1.807, 2.05) is 24.3 Å². The van der Waals surface area contributed by atoms with Gasteiger partial charge in [0.25, 0.3) is 0 Å². The normalized spacial score (nSPS) is 11.5. The molecule has 0 saturated carbocycles. The molecular weight excluding hydrogens is 406 g/mol. The van der Waals surface area contributed by atoms with Crippen molar-refractivity contribution in [3.05, 3.63) is 64.1 Å². The summed E-state index contributed by atoms with van der Waals surface area (Å²) in [7, 11) is -3.49. The molecule has 2 rings (SSSR count). The van der Waals surface area contributed by atoms with Crippen molar-refractivity contribution in [3.63, 3.8) is 0 Å². The van der Waals surface area contributed by atoms with Gasteiger partial charge in [0.15, 0.2) is 0 Å². The van der Waals surface area contributed by atoms with Crippen LogP contribution in [0.2, 0.25) is 0 Å². The number of hydrogen-bond acceptors (Lipinski definition) is 2. The molecule has 106 valence electrons. The van der Waals surface area contributed by atoms with Crippen molar-refractivity contribution in [1.82, 2.24) is 4.72 Å². The number of benzene rings is 2. The van der Waals surface area contributed by atoms with Crippen molar-refractivity contribution in [1.29, 1.82) is 0 Å². The predicted octanol–water partition coefficient (Wildman–Crippen LogP) is 3.82. The summed E-state index contributed by atoms with van der Waals surface area (Å²) in [5.74, 6) is 0. The molecule has 2 aromatic carbocycles. The molecule has 0 aliphatic heterocycles. The molecule has 0 aromatic heterocycles. The van der Waals surface area contributed by atoms with E-state index in [0.29, 0.717) is 0 Å². The molecule has 0 spiro atoms. The van der Waals surface area contributed by atoms with Gasteiger partial charge < -0.3 is 0 Å². The quantitative estimate of drug-likeness (QED) is 0.750. The first-order chi connectivity index (χ1) is 9.51. The van der Waals surface area contributed by atoms with E-state index < -0.39 is 10.0 Å². The van der Waals surface area contributed by atoms with Crippen LogP contribution in [-0.4, -0.2) is 8.42 Å². The van der Waals surface area contributed by atoms with Gasteiger partial charge >= 0.3 is 0 Å². The zero-order valence-corrected chi connectivity index (χ0v) is 14.5. The number of hydrogen-bond donors (Lipinski definition) is 1. The average molecular weight is 419 g/mol. The lowest BCUT2D eigenvalue weighted by molar-refractivity contribution is 0.581. The van der Waals surface area contributed by atoms with E-state index >= 15 is 0 Å². The van der Waals surface area contributed by atoms with Gasteiger partial charge in [0.2, 0.25) is 10.0 Å². The zero-order chi connectivity index (χ0) is 14.6. The lowest BCUT2D eigenvalue weighted by Crippen LogP contribution is -2.23. The van der Waals surface area contributed by atoms with Gasteiger partial charge in [-0.25, -0.2) is 13.1 Å². The smallest absolute Gasteiger partial charge is 0.207 e. The number of alkyl halides is 1. The first-order valence-corrected chi connectivity index (χ1v) is 9.30. The third-order valence-corrected chi connectivity index (χ3v) is 5.26. The molecule has 0 bridgehead atoms. The van der Waals surface area contributed by atoms with Crippen LogP contribution in [0, 0.1) is 0 Å². The number of rotatable bonds is 5.